The zero-order valence-electron chi connectivity index (χ0n) is 19.5. The summed E-state index contributed by atoms with van der Waals surface area (Å²) in [6.45, 7) is 4.73. The fourth-order valence-corrected chi connectivity index (χ4v) is 5.68. The van der Waals surface area contributed by atoms with Gasteiger partial charge in [0.05, 0.1) is 23.0 Å². The van der Waals surface area contributed by atoms with Crippen LogP contribution in [0.15, 0.2) is 24.5 Å². The average molecular weight is 463 g/mol. The summed E-state index contributed by atoms with van der Waals surface area (Å²) < 4.78 is 0. The fourth-order valence-electron chi connectivity index (χ4n) is 5.68. The van der Waals surface area contributed by atoms with Crippen molar-refractivity contribution in [2.45, 2.75) is 43.7 Å². The molecule has 1 spiro atoms. The Balaban J connectivity index is 1.23. The van der Waals surface area contributed by atoms with Gasteiger partial charge in [0.2, 0.25) is 11.9 Å². The molecule has 4 aliphatic rings. The van der Waals surface area contributed by atoms with Gasteiger partial charge in [0.15, 0.2) is 5.78 Å². The summed E-state index contributed by atoms with van der Waals surface area (Å²) in [7, 11) is 2.14. The highest BCUT2D eigenvalue weighted by molar-refractivity contribution is 6.07. The monoisotopic (exact) mass is 462 g/mol. The van der Waals surface area contributed by atoms with Gasteiger partial charge >= 0.3 is 0 Å². The van der Waals surface area contributed by atoms with Crippen molar-refractivity contribution in [1.29, 1.82) is 0 Å². The largest absolute Gasteiger partial charge is 0.368 e. The molecule has 1 unspecified atom stereocenters. The van der Waals surface area contributed by atoms with Crippen LogP contribution in [0, 0.1) is 0 Å². The number of nitrogens with zero attached hydrogens (tertiary/aromatic N) is 6. The van der Waals surface area contributed by atoms with E-state index in [9.17, 15) is 9.59 Å². The Morgan fingerprint density at radius 2 is 1.85 bits per heavy atom. The molecule has 3 aliphatic heterocycles. The Morgan fingerprint density at radius 3 is 2.59 bits per heavy atom. The second kappa shape index (κ2) is 8.19. The maximum absolute atomic E-state index is 12.9. The van der Waals surface area contributed by atoms with Crippen LogP contribution in [0.3, 0.4) is 0 Å². The molecule has 10 nitrogen and oxygen atoms in total. The van der Waals surface area contributed by atoms with Gasteiger partial charge in [-0.2, -0.15) is 4.98 Å². The highest BCUT2D eigenvalue weighted by atomic mass is 16.2. The lowest BCUT2D eigenvalue weighted by Crippen LogP contribution is -2.68. The van der Waals surface area contributed by atoms with Gasteiger partial charge in [-0.25, -0.2) is 9.97 Å². The van der Waals surface area contributed by atoms with E-state index in [1.807, 2.05) is 17.2 Å². The van der Waals surface area contributed by atoms with E-state index in [1.165, 1.54) is 0 Å². The van der Waals surface area contributed by atoms with E-state index in [4.69, 9.17) is 4.98 Å². The predicted octanol–water partition coefficient (Wildman–Crippen LogP) is 1.57. The minimum absolute atomic E-state index is 0.0681. The molecule has 6 rings (SSSR count). The number of carbonyl (C=O) groups excluding carboxylic acids is 2. The zero-order chi connectivity index (χ0) is 23.3. The van der Waals surface area contributed by atoms with Gasteiger partial charge in [-0.1, -0.05) is 12.8 Å². The molecule has 1 aliphatic carbocycles. The average Bonchev–Trinajstić information content (AvgIpc) is 3.28. The van der Waals surface area contributed by atoms with E-state index < -0.39 is 6.04 Å². The van der Waals surface area contributed by atoms with Crippen LogP contribution in [0.25, 0.3) is 0 Å². The van der Waals surface area contributed by atoms with Crippen molar-refractivity contribution in [2.24, 2.45) is 0 Å². The molecule has 1 atom stereocenters. The van der Waals surface area contributed by atoms with Crippen LogP contribution in [0.5, 0.6) is 0 Å². The van der Waals surface area contributed by atoms with Crippen molar-refractivity contribution in [3.05, 3.63) is 30.1 Å². The third kappa shape index (κ3) is 3.75. The van der Waals surface area contributed by atoms with Gasteiger partial charge < -0.3 is 25.3 Å². The van der Waals surface area contributed by atoms with Gasteiger partial charge in [0.1, 0.15) is 17.7 Å². The van der Waals surface area contributed by atoms with Crippen molar-refractivity contribution in [3.8, 4) is 0 Å². The van der Waals surface area contributed by atoms with Crippen LogP contribution in [-0.4, -0.2) is 82.9 Å². The minimum atomic E-state index is -0.505. The van der Waals surface area contributed by atoms with Crippen LogP contribution in [0.2, 0.25) is 0 Å². The molecule has 34 heavy (non-hydrogen) atoms. The van der Waals surface area contributed by atoms with Crippen molar-refractivity contribution in [1.82, 2.24) is 25.2 Å². The maximum Gasteiger partial charge on any atom is 0.243 e. The van der Waals surface area contributed by atoms with Gasteiger partial charge in [-0.05, 0) is 32.0 Å². The number of anilines is 4. The molecule has 2 saturated heterocycles. The quantitative estimate of drug-likeness (QED) is 0.703. The number of Topliss-reactive ketones (excluding diaryl/α,β-unsaturated/α-hetero) is 1. The number of aromatic nitrogens is 3. The third-order valence-corrected chi connectivity index (χ3v) is 7.68. The first-order chi connectivity index (χ1) is 16.5. The van der Waals surface area contributed by atoms with Gasteiger partial charge in [-0.3, -0.25) is 9.59 Å². The first-order valence-electron chi connectivity index (χ1n) is 12.2. The number of amides is 1. The molecule has 0 aromatic carbocycles. The Labute approximate surface area is 198 Å². The molecule has 3 fully saturated rings. The van der Waals surface area contributed by atoms with E-state index >= 15 is 0 Å². The molecule has 10 heteroatoms. The summed E-state index contributed by atoms with van der Waals surface area (Å²) >= 11 is 0. The van der Waals surface area contributed by atoms with Crippen molar-refractivity contribution < 1.29 is 9.59 Å². The van der Waals surface area contributed by atoms with Crippen LogP contribution in [0.1, 0.15) is 42.5 Å². The van der Waals surface area contributed by atoms with Gasteiger partial charge in [0, 0.05) is 45.3 Å². The molecule has 1 amide bonds. The minimum Gasteiger partial charge on any atom is -0.368 e. The fraction of sp³-hybridized carbons (Fsp3) is 0.542. The van der Waals surface area contributed by atoms with Crippen molar-refractivity contribution in [2.75, 3.05) is 54.9 Å². The summed E-state index contributed by atoms with van der Waals surface area (Å²) in [6, 6.07) is 3.47. The van der Waals surface area contributed by atoms with Crippen LogP contribution < -0.4 is 20.4 Å². The molecule has 2 aromatic rings. The second-order valence-corrected chi connectivity index (χ2v) is 10.00. The summed E-state index contributed by atoms with van der Waals surface area (Å²) in [4.78, 5) is 46.0. The number of carbonyl (C=O) groups is 2. The Kier molecular flexibility index (Phi) is 5.13. The number of ketones is 1. The zero-order valence-corrected chi connectivity index (χ0v) is 19.5. The number of nitrogens with one attached hydrogen (secondary N) is 2. The summed E-state index contributed by atoms with van der Waals surface area (Å²) in [5, 5.41) is 6.40. The molecule has 178 valence electrons. The van der Waals surface area contributed by atoms with Crippen molar-refractivity contribution >= 4 is 35.0 Å². The number of likely N-dealkylation sites (N-methyl/N-ethyl adjacent to an activating group) is 1. The lowest BCUT2D eigenvalue weighted by atomic mass is 9.87. The molecule has 5 heterocycles. The maximum atomic E-state index is 12.9. The highest BCUT2D eigenvalue weighted by Crippen LogP contribution is 2.39. The summed E-state index contributed by atoms with van der Waals surface area (Å²) in [5.74, 6) is 1.41. The molecule has 1 saturated carbocycles. The van der Waals surface area contributed by atoms with Crippen LogP contribution >= 0.6 is 0 Å². The number of hydrogen-bond acceptors (Lipinski definition) is 9. The lowest BCUT2D eigenvalue weighted by molar-refractivity contribution is -0.126. The number of piperazine rings is 2. The third-order valence-electron chi connectivity index (χ3n) is 7.68. The predicted molar refractivity (Wildman–Crippen MR) is 129 cm³/mol. The van der Waals surface area contributed by atoms with E-state index in [2.05, 4.69) is 43.5 Å². The Hall–Kier alpha value is -3.27. The van der Waals surface area contributed by atoms with E-state index in [0.29, 0.717) is 29.7 Å². The number of fused-ring (bicyclic) bond motifs is 3. The van der Waals surface area contributed by atoms with Crippen LogP contribution in [-0.2, 0) is 4.79 Å². The van der Waals surface area contributed by atoms with Crippen LogP contribution in [0.4, 0.5) is 23.3 Å². The molecular weight excluding hydrogens is 432 g/mol. The normalized spacial score (nSPS) is 24.1. The molecule has 0 radical (unpaired) electrons. The Morgan fingerprint density at radius 1 is 1.06 bits per heavy atom. The molecule has 0 bridgehead atoms. The highest BCUT2D eigenvalue weighted by Gasteiger charge is 2.49. The van der Waals surface area contributed by atoms with E-state index in [-0.39, 0.29) is 23.7 Å². The van der Waals surface area contributed by atoms with Gasteiger partial charge in [-0.15, -0.1) is 0 Å². The summed E-state index contributed by atoms with van der Waals surface area (Å²) in [6.07, 6.45) is 7.75. The van der Waals surface area contributed by atoms with E-state index in [1.54, 1.807) is 6.20 Å². The second-order valence-electron chi connectivity index (χ2n) is 10.00. The first-order valence-corrected chi connectivity index (χ1v) is 12.2. The standard InChI is InChI=1S/C24H30N8O2/c1-30-8-10-31(11-9-30)16-4-5-20(25-13-16)27-23-26-14-17-19(33)12-18-22(34)29-24(6-2-3-7-24)15-32(18)21(17)28-23/h4-5,13-14,18H,2-3,6-12,15H2,1H3,(H,29,34)(H,25,26,27,28). The first kappa shape index (κ1) is 21.3. The number of rotatable bonds is 3. The molecular formula is C24H30N8O2. The summed E-state index contributed by atoms with van der Waals surface area (Å²) in [5.41, 5.74) is 1.37. The smallest absolute Gasteiger partial charge is 0.243 e. The molecule has 2 N–H and O–H groups in total. The molecule has 2 aromatic heterocycles. The SMILES string of the molecule is CN1CCN(c2ccc(Nc3ncc4c(n3)N3CC5(CCCC5)NC(=O)C3CC4=O)nc2)CC1. The van der Waals surface area contributed by atoms with Crippen molar-refractivity contribution in [3.63, 3.8) is 0 Å². The van der Waals surface area contributed by atoms with Gasteiger partial charge in [0.25, 0.3) is 0 Å². The Bertz CT molecular complexity index is 1110. The van der Waals surface area contributed by atoms with E-state index in [0.717, 1.165) is 57.5 Å². The topological polar surface area (TPSA) is 107 Å². The number of hydrogen-bond donors (Lipinski definition) is 2. The number of pyridine rings is 1. The lowest BCUT2D eigenvalue weighted by Gasteiger charge is -2.47.